The number of benzene rings is 4. The van der Waals surface area contributed by atoms with E-state index in [1.165, 1.54) is 43.5 Å². The number of carboxylic acid groups (broad SMARTS) is 1. The normalized spacial score (nSPS) is 11.3. The van der Waals surface area contributed by atoms with E-state index in [0.29, 0.717) is 40.5 Å². The molecule has 0 aromatic heterocycles. The van der Waals surface area contributed by atoms with Gasteiger partial charge in [-0.2, -0.15) is 0 Å². The molecule has 4 rings (SSSR count). The second-order valence-electron chi connectivity index (χ2n) is 11.4. The van der Waals surface area contributed by atoms with Crippen LogP contribution in [0.2, 0.25) is 0 Å². The van der Waals surface area contributed by atoms with Crippen LogP contribution >= 0.6 is 0 Å². The number of carboxylic acids is 1. The smallest absolute Gasteiger partial charge is 0.343 e. The van der Waals surface area contributed by atoms with Crippen LogP contribution in [0.5, 0.6) is 17.2 Å². The minimum absolute atomic E-state index is 0.00144. The molecule has 4 aromatic rings. The third-order valence-electron chi connectivity index (χ3n) is 7.49. The number of amides is 2. The van der Waals surface area contributed by atoms with E-state index < -0.39 is 23.9 Å². The number of carbonyl (C=O) groups is 4. The fourth-order valence-electron chi connectivity index (χ4n) is 4.88. The summed E-state index contributed by atoms with van der Waals surface area (Å²) in [5, 5.41) is 24.6. The lowest BCUT2D eigenvalue weighted by atomic mass is 10.0. The van der Waals surface area contributed by atoms with Gasteiger partial charge in [0.15, 0.2) is 0 Å². The Morgan fingerprint density at radius 2 is 1.42 bits per heavy atom. The number of carbonyl (C=O) groups excluding carboxylic acids is 3. The van der Waals surface area contributed by atoms with Crippen LogP contribution in [0, 0.1) is 0 Å². The van der Waals surface area contributed by atoms with Gasteiger partial charge in [-0.1, -0.05) is 56.9 Å². The highest BCUT2D eigenvalue weighted by atomic mass is 16.5. The number of phenolic OH excluding ortho intramolecular Hbond substituents is 1. The summed E-state index contributed by atoms with van der Waals surface area (Å²) in [6.45, 7) is 2.81. The zero-order chi connectivity index (χ0) is 34.3. The van der Waals surface area contributed by atoms with Crippen LogP contribution in [0.4, 0.5) is 5.69 Å². The zero-order valence-corrected chi connectivity index (χ0v) is 26.8. The van der Waals surface area contributed by atoms with Crippen molar-refractivity contribution in [3.8, 4) is 17.2 Å². The third-order valence-corrected chi connectivity index (χ3v) is 7.49. The van der Waals surface area contributed by atoms with Crippen molar-refractivity contribution >= 4 is 29.4 Å². The lowest BCUT2D eigenvalue weighted by molar-refractivity contribution is -0.139. The highest BCUT2D eigenvalue weighted by molar-refractivity contribution is 5.98. The summed E-state index contributed by atoms with van der Waals surface area (Å²) in [7, 11) is 0. The van der Waals surface area contributed by atoms with Crippen LogP contribution < -0.4 is 20.1 Å². The summed E-state index contributed by atoms with van der Waals surface area (Å²) in [6.07, 6.45) is 5.80. The van der Waals surface area contributed by atoms with Gasteiger partial charge in [-0.15, -0.1) is 0 Å². The molecular formula is C38H40N2O8. The van der Waals surface area contributed by atoms with Crippen LogP contribution in [0.15, 0.2) is 97.1 Å². The van der Waals surface area contributed by atoms with E-state index >= 15 is 0 Å². The fraction of sp³-hybridized carbons (Fsp3) is 0.263. The number of aromatic hydroxyl groups is 1. The van der Waals surface area contributed by atoms with E-state index in [1.807, 2.05) is 0 Å². The number of anilines is 1. The largest absolute Gasteiger partial charge is 0.508 e. The van der Waals surface area contributed by atoms with Crippen molar-refractivity contribution in [3.05, 3.63) is 119 Å². The maximum absolute atomic E-state index is 12.8. The second kappa shape index (κ2) is 17.9. The predicted octanol–water partition coefficient (Wildman–Crippen LogP) is 6.57. The Morgan fingerprint density at radius 1 is 0.750 bits per heavy atom. The first-order valence-corrected chi connectivity index (χ1v) is 16.0. The molecule has 0 saturated carbocycles. The first-order chi connectivity index (χ1) is 23.2. The molecular weight excluding hydrogens is 612 g/mol. The van der Waals surface area contributed by atoms with Crippen molar-refractivity contribution in [2.24, 2.45) is 0 Å². The van der Waals surface area contributed by atoms with Crippen molar-refractivity contribution < 1.29 is 38.9 Å². The minimum atomic E-state index is -1.22. The molecule has 4 aromatic carbocycles. The molecule has 2 amide bonds. The van der Waals surface area contributed by atoms with Gasteiger partial charge in [0.2, 0.25) is 5.91 Å². The molecule has 10 heteroatoms. The zero-order valence-electron chi connectivity index (χ0n) is 26.8. The van der Waals surface area contributed by atoms with E-state index in [-0.39, 0.29) is 30.1 Å². The Morgan fingerprint density at radius 3 is 2.08 bits per heavy atom. The average molecular weight is 653 g/mol. The predicted molar refractivity (Wildman–Crippen MR) is 182 cm³/mol. The van der Waals surface area contributed by atoms with Crippen LogP contribution in [0.25, 0.3) is 0 Å². The molecule has 0 aliphatic carbocycles. The van der Waals surface area contributed by atoms with Crippen molar-refractivity contribution in [1.82, 2.24) is 5.32 Å². The number of nitrogens with one attached hydrogen (secondary N) is 2. The number of hydrogen-bond donors (Lipinski definition) is 4. The summed E-state index contributed by atoms with van der Waals surface area (Å²) in [4.78, 5) is 49.8. The van der Waals surface area contributed by atoms with Crippen LogP contribution in [-0.2, 0) is 22.4 Å². The van der Waals surface area contributed by atoms with Crippen LogP contribution in [0.1, 0.15) is 70.9 Å². The molecule has 1 unspecified atom stereocenters. The molecule has 250 valence electrons. The van der Waals surface area contributed by atoms with Gasteiger partial charge in [0.25, 0.3) is 5.91 Å². The SMILES string of the molecule is CCCCCCCOc1ccc(C(=O)Oc2ccc(CC(NC(=O)c3ccc(NC(=O)Cc4cccc(O)c4)cc3)C(=O)O)cc2)cc1. The van der Waals surface area contributed by atoms with Gasteiger partial charge < -0.3 is 30.3 Å². The first kappa shape index (κ1) is 35.2. The molecule has 0 aliphatic rings. The highest BCUT2D eigenvalue weighted by Crippen LogP contribution is 2.19. The van der Waals surface area contributed by atoms with Crippen LogP contribution in [0.3, 0.4) is 0 Å². The number of unbranched alkanes of at least 4 members (excludes halogenated alkanes) is 4. The standard InChI is InChI=1S/C38H40N2O8/c1-2-3-4-5-6-22-47-32-20-14-29(15-21-32)38(46)48-33-18-10-26(11-19-33)24-34(37(44)45)40-36(43)28-12-16-30(17-13-28)39-35(42)25-27-8-7-9-31(41)23-27/h7-21,23,34,41H,2-6,22,24-25H2,1H3,(H,39,42)(H,40,43)(H,44,45). The summed E-state index contributed by atoms with van der Waals surface area (Å²) < 4.78 is 11.2. The summed E-state index contributed by atoms with van der Waals surface area (Å²) in [6, 6.07) is 24.4. The summed E-state index contributed by atoms with van der Waals surface area (Å²) >= 11 is 0. The van der Waals surface area contributed by atoms with Gasteiger partial charge in [-0.3, -0.25) is 9.59 Å². The topological polar surface area (TPSA) is 151 Å². The van der Waals surface area contributed by atoms with Crippen molar-refractivity contribution in [3.63, 3.8) is 0 Å². The quantitative estimate of drug-likeness (QED) is 0.0568. The van der Waals surface area contributed by atoms with Crippen molar-refractivity contribution in [2.45, 2.75) is 57.9 Å². The van der Waals surface area contributed by atoms with E-state index in [1.54, 1.807) is 72.8 Å². The summed E-state index contributed by atoms with van der Waals surface area (Å²) in [5.74, 6) is -1.58. The fourth-order valence-corrected chi connectivity index (χ4v) is 4.88. The maximum Gasteiger partial charge on any atom is 0.343 e. The molecule has 1 atom stereocenters. The molecule has 0 bridgehead atoms. The molecule has 0 spiro atoms. The highest BCUT2D eigenvalue weighted by Gasteiger charge is 2.21. The third kappa shape index (κ3) is 11.3. The van der Waals surface area contributed by atoms with Gasteiger partial charge in [0.05, 0.1) is 18.6 Å². The van der Waals surface area contributed by atoms with Gasteiger partial charge in [0, 0.05) is 17.7 Å². The average Bonchev–Trinajstić information content (AvgIpc) is 3.07. The molecule has 4 N–H and O–H groups in total. The maximum atomic E-state index is 12.8. The number of ether oxygens (including phenoxy) is 2. The van der Waals surface area contributed by atoms with Crippen molar-refractivity contribution in [2.75, 3.05) is 11.9 Å². The van der Waals surface area contributed by atoms with Crippen molar-refractivity contribution in [1.29, 1.82) is 0 Å². The summed E-state index contributed by atoms with van der Waals surface area (Å²) in [5.41, 5.74) is 2.31. The lowest BCUT2D eigenvalue weighted by Crippen LogP contribution is -2.42. The van der Waals surface area contributed by atoms with E-state index in [9.17, 15) is 29.4 Å². The minimum Gasteiger partial charge on any atom is -0.508 e. The molecule has 48 heavy (non-hydrogen) atoms. The molecule has 0 fully saturated rings. The number of phenols is 1. The molecule has 0 saturated heterocycles. The Bertz CT molecular complexity index is 1670. The van der Waals surface area contributed by atoms with Gasteiger partial charge in [0.1, 0.15) is 23.3 Å². The lowest BCUT2D eigenvalue weighted by Gasteiger charge is -2.15. The van der Waals surface area contributed by atoms with Gasteiger partial charge in [-0.05, 0) is 90.3 Å². The Balaban J connectivity index is 1.24. The Kier molecular flexibility index (Phi) is 13.1. The van der Waals surface area contributed by atoms with E-state index in [0.717, 1.165) is 12.8 Å². The monoisotopic (exact) mass is 652 g/mol. The van der Waals surface area contributed by atoms with E-state index in [2.05, 4.69) is 17.6 Å². The molecule has 0 aliphatic heterocycles. The molecule has 0 radical (unpaired) electrons. The molecule has 0 heterocycles. The van der Waals surface area contributed by atoms with Gasteiger partial charge in [-0.25, -0.2) is 9.59 Å². The molecule has 10 nitrogen and oxygen atoms in total. The Labute approximate surface area is 279 Å². The Hall–Kier alpha value is -5.64. The number of aliphatic carboxylic acids is 1. The number of hydrogen-bond acceptors (Lipinski definition) is 7. The second-order valence-corrected chi connectivity index (χ2v) is 11.4. The first-order valence-electron chi connectivity index (χ1n) is 16.0. The van der Waals surface area contributed by atoms with Crippen LogP contribution in [-0.4, -0.2) is 46.6 Å². The number of rotatable bonds is 17. The van der Waals surface area contributed by atoms with Gasteiger partial charge >= 0.3 is 11.9 Å². The van der Waals surface area contributed by atoms with E-state index in [4.69, 9.17) is 9.47 Å². The number of esters is 1.